The molecule has 14 heteroatoms. The third-order valence-corrected chi connectivity index (χ3v) is 13.3. The first kappa shape index (κ1) is 46.4. The van der Waals surface area contributed by atoms with E-state index in [2.05, 4.69) is 59.6 Å². The lowest BCUT2D eigenvalue weighted by molar-refractivity contribution is -0.155. The molecule has 5 aromatic rings. The highest BCUT2D eigenvalue weighted by Crippen LogP contribution is 2.42. The maximum Gasteiger partial charge on any atom is 0.324 e. The van der Waals surface area contributed by atoms with Crippen LogP contribution in [0.4, 0.5) is 0 Å². The van der Waals surface area contributed by atoms with Crippen LogP contribution in [0.1, 0.15) is 99.3 Å². The minimum Gasteiger partial charge on any atom is -0.508 e. The van der Waals surface area contributed by atoms with E-state index < -0.39 is 41.3 Å². The van der Waals surface area contributed by atoms with Gasteiger partial charge in [-0.15, -0.1) is 0 Å². The number of nitrogens with one attached hydrogen (secondary N) is 3. The van der Waals surface area contributed by atoms with Gasteiger partial charge in [0.2, 0.25) is 5.91 Å². The molecule has 6 bridgehead atoms. The van der Waals surface area contributed by atoms with E-state index in [1.807, 2.05) is 51.1 Å². The van der Waals surface area contributed by atoms with Gasteiger partial charge in [0.25, 0.3) is 11.8 Å². The van der Waals surface area contributed by atoms with Crippen LogP contribution in [0.5, 0.6) is 5.75 Å². The van der Waals surface area contributed by atoms with Crippen molar-refractivity contribution in [3.05, 3.63) is 107 Å². The van der Waals surface area contributed by atoms with E-state index in [9.17, 15) is 24.3 Å². The smallest absolute Gasteiger partial charge is 0.324 e. The number of ether oxygens (including phenoxy) is 2. The fourth-order valence-corrected chi connectivity index (χ4v) is 9.73. The van der Waals surface area contributed by atoms with Crippen molar-refractivity contribution in [2.75, 3.05) is 33.9 Å². The number of aromatic hydroxyl groups is 1. The van der Waals surface area contributed by atoms with Crippen LogP contribution in [0.2, 0.25) is 0 Å². The number of phenols is 1. The number of methoxy groups -OCH3 is 1. The molecule has 5 atom stereocenters. The van der Waals surface area contributed by atoms with Crippen LogP contribution in [-0.2, 0) is 43.2 Å². The van der Waals surface area contributed by atoms with Gasteiger partial charge in [-0.3, -0.25) is 29.2 Å². The first-order valence-corrected chi connectivity index (χ1v) is 23.2. The molecule has 4 N–H and O–H groups in total. The minimum atomic E-state index is -1.14. The van der Waals surface area contributed by atoms with E-state index in [0.717, 1.165) is 56.7 Å². The van der Waals surface area contributed by atoms with Crippen LogP contribution < -0.4 is 16.1 Å². The highest BCUT2D eigenvalue weighted by molar-refractivity contribution is 5.99. The summed E-state index contributed by atoms with van der Waals surface area (Å²) in [5.74, 6) is -2.05. The number of phenolic OH excluding ortho intramolecular Hbond substituents is 1. The molecule has 2 aromatic heterocycles. The summed E-state index contributed by atoms with van der Waals surface area (Å²) in [6.07, 6.45) is 3.04. The summed E-state index contributed by atoms with van der Waals surface area (Å²) in [6.45, 7) is 14.0. The third kappa shape index (κ3) is 9.58. The first-order chi connectivity index (χ1) is 31.6. The molecule has 3 aromatic carbocycles. The summed E-state index contributed by atoms with van der Waals surface area (Å²) in [7, 11) is 3.28. The molecular formula is C52H63N7O7. The van der Waals surface area contributed by atoms with E-state index >= 15 is 0 Å². The maximum atomic E-state index is 14.7. The normalized spacial score (nSPS) is 20.6. The topological polar surface area (TPSA) is 177 Å². The van der Waals surface area contributed by atoms with E-state index in [0.29, 0.717) is 49.5 Å². The van der Waals surface area contributed by atoms with Crippen LogP contribution in [0.15, 0.2) is 79.0 Å². The SMILES string of the molecule is CCn1c(-c2cccnc2[C@H](C)OC)c2c3cc(ccc31)-c1cc(O)cc(c1)C[C@H](NC(=O)[C@H](C(C)C)N(C)C(=O)c1ccc([C@H]3CN3)cc1)C(=O)N1CCC[C@H](N1)C(=O)OCC(C)(C)C2. The second-order valence-electron chi connectivity index (χ2n) is 19.2. The van der Waals surface area contributed by atoms with Crippen LogP contribution in [0.3, 0.4) is 0 Å². The number of hydrogen-bond acceptors (Lipinski definition) is 10. The van der Waals surface area contributed by atoms with Crippen molar-refractivity contribution in [1.82, 2.24) is 35.5 Å². The Morgan fingerprint density at radius 3 is 2.48 bits per heavy atom. The number of nitrogens with zero attached hydrogens (tertiary/aromatic N) is 4. The molecule has 0 radical (unpaired) electrons. The van der Waals surface area contributed by atoms with Crippen LogP contribution in [0.25, 0.3) is 33.3 Å². The lowest BCUT2D eigenvalue weighted by Gasteiger charge is -2.36. The number of fused-ring (bicyclic) bond motifs is 6. The number of esters is 1. The van der Waals surface area contributed by atoms with Gasteiger partial charge in [-0.25, -0.2) is 5.43 Å². The van der Waals surface area contributed by atoms with E-state index in [1.165, 1.54) is 9.91 Å². The number of likely N-dealkylation sites (N-methyl/N-ethyl adjacent to an activating group) is 1. The molecule has 66 heavy (non-hydrogen) atoms. The molecule has 0 saturated carbocycles. The van der Waals surface area contributed by atoms with Crippen molar-refractivity contribution >= 4 is 34.6 Å². The Hall–Kier alpha value is -6.09. The van der Waals surface area contributed by atoms with Crippen molar-refractivity contribution in [2.24, 2.45) is 11.3 Å². The van der Waals surface area contributed by atoms with Gasteiger partial charge in [0.05, 0.1) is 24.1 Å². The summed E-state index contributed by atoms with van der Waals surface area (Å²) in [4.78, 5) is 63.3. The number of aryl methyl sites for hydroxylation is 1. The number of carbonyl (C=O) groups excluding carboxylic acids is 4. The molecule has 8 rings (SSSR count). The van der Waals surface area contributed by atoms with Gasteiger partial charge in [-0.2, -0.15) is 0 Å². The quantitative estimate of drug-likeness (QED) is 0.0853. The molecule has 3 amide bonds. The van der Waals surface area contributed by atoms with Gasteiger partial charge in [0, 0.05) is 79.9 Å². The Bertz CT molecular complexity index is 2640. The Morgan fingerprint density at radius 1 is 1.03 bits per heavy atom. The number of benzene rings is 3. The van der Waals surface area contributed by atoms with Crippen LogP contribution in [-0.4, -0.2) is 100 Å². The summed E-state index contributed by atoms with van der Waals surface area (Å²) in [5.41, 5.74) is 11.2. The summed E-state index contributed by atoms with van der Waals surface area (Å²) in [6, 6.07) is 20.4. The highest BCUT2D eigenvalue weighted by Gasteiger charge is 2.38. The summed E-state index contributed by atoms with van der Waals surface area (Å²) >= 11 is 0. The lowest BCUT2D eigenvalue weighted by atomic mass is 9.84. The molecule has 348 valence electrons. The van der Waals surface area contributed by atoms with Crippen molar-refractivity contribution in [3.63, 3.8) is 0 Å². The second kappa shape index (κ2) is 19.0. The van der Waals surface area contributed by atoms with E-state index in [1.54, 1.807) is 44.6 Å². The molecule has 5 heterocycles. The Kier molecular flexibility index (Phi) is 13.4. The monoisotopic (exact) mass is 897 g/mol. The van der Waals surface area contributed by atoms with Crippen molar-refractivity contribution in [1.29, 1.82) is 0 Å². The van der Waals surface area contributed by atoms with Gasteiger partial charge in [-0.05, 0) is 115 Å². The largest absolute Gasteiger partial charge is 0.508 e. The number of amides is 3. The van der Waals surface area contributed by atoms with Gasteiger partial charge in [-0.1, -0.05) is 52.0 Å². The molecule has 0 unspecified atom stereocenters. The molecule has 14 nitrogen and oxygen atoms in total. The second-order valence-corrected chi connectivity index (χ2v) is 19.2. The fourth-order valence-electron chi connectivity index (χ4n) is 9.73. The summed E-state index contributed by atoms with van der Waals surface area (Å²) < 4.78 is 14.2. The Labute approximate surface area is 387 Å². The van der Waals surface area contributed by atoms with Crippen molar-refractivity contribution in [3.8, 4) is 28.1 Å². The number of rotatable bonds is 10. The van der Waals surface area contributed by atoms with Crippen LogP contribution in [0, 0.1) is 11.3 Å². The highest BCUT2D eigenvalue weighted by atomic mass is 16.5. The van der Waals surface area contributed by atoms with Gasteiger partial charge in [0.1, 0.15) is 23.9 Å². The van der Waals surface area contributed by atoms with Crippen molar-refractivity contribution in [2.45, 2.75) is 104 Å². The molecule has 2 saturated heterocycles. The summed E-state index contributed by atoms with van der Waals surface area (Å²) in [5, 5.41) is 20.0. The average Bonchev–Trinajstić information content (AvgIpc) is 4.12. The molecular weight excluding hydrogens is 835 g/mol. The number of hydrazine groups is 1. The molecule has 0 spiro atoms. The molecule has 3 aliphatic rings. The number of pyridine rings is 1. The van der Waals surface area contributed by atoms with Gasteiger partial charge >= 0.3 is 5.97 Å². The zero-order chi connectivity index (χ0) is 47.0. The minimum absolute atomic E-state index is 0.00374. The van der Waals surface area contributed by atoms with Crippen LogP contribution >= 0.6 is 0 Å². The lowest BCUT2D eigenvalue weighted by Crippen LogP contribution is -2.62. The zero-order valence-electron chi connectivity index (χ0n) is 39.3. The Balaban J connectivity index is 1.20. The van der Waals surface area contributed by atoms with E-state index in [-0.39, 0.29) is 36.7 Å². The third-order valence-electron chi connectivity index (χ3n) is 13.3. The number of hydrogen-bond donors (Lipinski definition) is 4. The average molecular weight is 898 g/mol. The zero-order valence-corrected chi connectivity index (χ0v) is 39.3. The predicted octanol–water partition coefficient (Wildman–Crippen LogP) is 6.89. The van der Waals surface area contributed by atoms with Gasteiger partial charge < -0.3 is 34.7 Å². The van der Waals surface area contributed by atoms with Gasteiger partial charge in [0.15, 0.2) is 0 Å². The maximum absolute atomic E-state index is 14.7. The number of carbonyl (C=O) groups is 4. The molecule has 0 aliphatic carbocycles. The Morgan fingerprint density at radius 2 is 1.79 bits per heavy atom. The predicted molar refractivity (Wildman–Crippen MR) is 253 cm³/mol. The number of cyclic esters (lactones) is 1. The first-order valence-electron chi connectivity index (χ1n) is 23.2. The molecule has 3 aliphatic heterocycles. The number of aromatic nitrogens is 2. The van der Waals surface area contributed by atoms with E-state index in [4.69, 9.17) is 14.5 Å². The van der Waals surface area contributed by atoms with Crippen molar-refractivity contribution < 1.29 is 33.8 Å². The fraction of sp³-hybridized carbons (Fsp3) is 0.442. The standard InChI is InChI=1S/C52H63N7O7/c1-9-58-44-19-18-35-26-39(44)40(47(58)38-12-10-20-53-45(38)31(4)65-8)27-52(5,6)29-66-51(64)41-13-11-21-59(56-41)50(63)42(24-32-22-36(35)25-37(60)23-32)55-48(61)46(30(2)3)57(7)49(62)34-16-14-33(15-17-34)43-28-54-43/h10,12,14-20,22-23,25-26,30-31,41-43,46,54,56,60H,9,11,13,21,24,27-29H2,1-8H3,(H,55,61)/t31-,41-,42-,43+,46-/m0/s1. The molecule has 2 fully saturated rings.